The minimum absolute atomic E-state index is 0.419. The van der Waals surface area contributed by atoms with Crippen molar-refractivity contribution in [2.45, 2.75) is 12.8 Å². The van der Waals surface area contributed by atoms with E-state index in [1.165, 1.54) is 11.1 Å². The molecule has 0 amide bonds. The van der Waals surface area contributed by atoms with Crippen molar-refractivity contribution >= 4 is 27.5 Å². The van der Waals surface area contributed by atoms with Gasteiger partial charge in [0.15, 0.2) is 0 Å². The first-order chi connectivity index (χ1) is 9.72. The Bertz CT molecular complexity index is 556. The molecule has 0 saturated heterocycles. The molecule has 2 aromatic rings. The van der Waals surface area contributed by atoms with Crippen molar-refractivity contribution < 1.29 is 4.74 Å². The van der Waals surface area contributed by atoms with Crippen LogP contribution in [0.3, 0.4) is 0 Å². The molecule has 20 heavy (non-hydrogen) atoms. The van der Waals surface area contributed by atoms with Crippen molar-refractivity contribution in [3.05, 3.63) is 64.1 Å². The summed E-state index contributed by atoms with van der Waals surface area (Å²) in [6, 6.07) is 16.5. The van der Waals surface area contributed by atoms with Gasteiger partial charge in [-0.25, -0.2) is 0 Å². The molecule has 0 aliphatic rings. The molecule has 0 radical (unpaired) electrons. The van der Waals surface area contributed by atoms with E-state index < -0.39 is 0 Å². The van der Waals surface area contributed by atoms with E-state index in [-0.39, 0.29) is 0 Å². The SMILES string of the molecule is COc1cccc(CC(CCl)Cc2ccccc2Br)c1. The van der Waals surface area contributed by atoms with Gasteiger partial charge in [-0.2, -0.15) is 0 Å². The Morgan fingerprint density at radius 3 is 2.60 bits per heavy atom. The molecule has 0 heterocycles. The van der Waals surface area contributed by atoms with Gasteiger partial charge < -0.3 is 4.74 Å². The number of hydrogen-bond donors (Lipinski definition) is 0. The molecule has 1 unspecified atom stereocenters. The Morgan fingerprint density at radius 2 is 1.90 bits per heavy atom. The summed E-state index contributed by atoms with van der Waals surface area (Å²) < 4.78 is 6.42. The molecule has 1 atom stereocenters. The van der Waals surface area contributed by atoms with Gasteiger partial charge in [0.2, 0.25) is 0 Å². The van der Waals surface area contributed by atoms with Gasteiger partial charge in [0.05, 0.1) is 7.11 Å². The number of halogens is 2. The van der Waals surface area contributed by atoms with Crippen molar-refractivity contribution in [1.29, 1.82) is 0 Å². The van der Waals surface area contributed by atoms with Crippen LogP contribution in [-0.4, -0.2) is 13.0 Å². The average Bonchev–Trinajstić information content (AvgIpc) is 2.49. The van der Waals surface area contributed by atoms with Crippen LogP contribution in [0.15, 0.2) is 53.0 Å². The second kappa shape index (κ2) is 7.70. The third-order valence-electron chi connectivity index (χ3n) is 3.34. The molecule has 2 aromatic carbocycles. The highest BCUT2D eigenvalue weighted by atomic mass is 79.9. The third kappa shape index (κ3) is 4.26. The van der Waals surface area contributed by atoms with Crippen LogP contribution < -0.4 is 4.74 Å². The van der Waals surface area contributed by atoms with Crippen LogP contribution in [-0.2, 0) is 12.8 Å². The van der Waals surface area contributed by atoms with E-state index in [1.54, 1.807) is 7.11 Å². The highest BCUT2D eigenvalue weighted by Crippen LogP contribution is 2.23. The van der Waals surface area contributed by atoms with Crippen molar-refractivity contribution in [2.24, 2.45) is 5.92 Å². The Labute approximate surface area is 134 Å². The van der Waals surface area contributed by atoms with Crippen LogP contribution >= 0.6 is 27.5 Å². The van der Waals surface area contributed by atoms with Gasteiger partial charge in [-0.15, -0.1) is 11.6 Å². The van der Waals surface area contributed by atoms with Gasteiger partial charge in [0, 0.05) is 10.4 Å². The Morgan fingerprint density at radius 1 is 1.10 bits per heavy atom. The monoisotopic (exact) mass is 352 g/mol. The van der Waals surface area contributed by atoms with Crippen molar-refractivity contribution in [3.8, 4) is 5.75 Å². The van der Waals surface area contributed by atoms with Crippen LogP contribution in [0.1, 0.15) is 11.1 Å². The molecule has 0 N–H and O–H groups in total. The highest BCUT2D eigenvalue weighted by Gasteiger charge is 2.12. The molecule has 2 rings (SSSR count). The predicted molar refractivity (Wildman–Crippen MR) is 88.8 cm³/mol. The van der Waals surface area contributed by atoms with Crippen LogP contribution in [0.5, 0.6) is 5.75 Å². The minimum Gasteiger partial charge on any atom is -0.497 e. The Kier molecular flexibility index (Phi) is 5.93. The Balaban J connectivity index is 2.07. The zero-order valence-electron chi connectivity index (χ0n) is 11.5. The summed E-state index contributed by atoms with van der Waals surface area (Å²) in [5.41, 5.74) is 2.57. The third-order valence-corrected chi connectivity index (χ3v) is 4.55. The lowest BCUT2D eigenvalue weighted by molar-refractivity contribution is 0.414. The lowest BCUT2D eigenvalue weighted by Crippen LogP contribution is -2.10. The smallest absolute Gasteiger partial charge is 0.119 e. The van der Waals surface area contributed by atoms with E-state index in [1.807, 2.05) is 18.2 Å². The van der Waals surface area contributed by atoms with E-state index in [0.29, 0.717) is 11.8 Å². The van der Waals surface area contributed by atoms with Gasteiger partial charge >= 0.3 is 0 Å². The van der Waals surface area contributed by atoms with Crippen molar-refractivity contribution in [3.63, 3.8) is 0 Å². The number of alkyl halides is 1. The summed E-state index contributed by atoms with van der Waals surface area (Å²) in [5, 5.41) is 0. The second-order valence-corrected chi connectivity index (χ2v) is 6.03. The number of benzene rings is 2. The van der Waals surface area contributed by atoms with Crippen molar-refractivity contribution in [1.82, 2.24) is 0 Å². The average molecular weight is 354 g/mol. The first-order valence-electron chi connectivity index (χ1n) is 6.65. The lowest BCUT2D eigenvalue weighted by Gasteiger charge is -2.15. The normalized spacial score (nSPS) is 12.2. The molecule has 0 aromatic heterocycles. The van der Waals surface area contributed by atoms with E-state index in [2.05, 4.69) is 46.3 Å². The van der Waals surface area contributed by atoms with Gasteiger partial charge in [0.1, 0.15) is 5.75 Å². The van der Waals surface area contributed by atoms with Gasteiger partial charge in [0.25, 0.3) is 0 Å². The van der Waals surface area contributed by atoms with Crippen LogP contribution in [0.4, 0.5) is 0 Å². The molecule has 0 aliphatic heterocycles. The van der Waals surface area contributed by atoms with Gasteiger partial charge in [-0.3, -0.25) is 0 Å². The maximum atomic E-state index is 6.15. The quantitative estimate of drug-likeness (QED) is 0.657. The number of hydrogen-bond acceptors (Lipinski definition) is 1. The first-order valence-corrected chi connectivity index (χ1v) is 7.98. The maximum Gasteiger partial charge on any atom is 0.119 e. The van der Waals surface area contributed by atoms with Crippen molar-refractivity contribution in [2.75, 3.05) is 13.0 Å². The molecule has 0 saturated carbocycles. The maximum absolute atomic E-state index is 6.15. The van der Waals surface area contributed by atoms with E-state index in [9.17, 15) is 0 Å². The topological polar surface area (TPSA) is 9.23 Å². The minimum atomic E-state index is 0.419. The van der Waals surface area contributed by atoms with E-state index in [0.717, 1.165) is 23.1 Å². The van der Waals surface area contributed by atoms with Crippen LogP contribution in [0.25, 0.3) is 0 Å². The molecule has 106 valence electrons. The summed E-state index contributed by atoms with van der Waals surface area (Å²) in [4.78, 5) is 0. The van der Waals surface area contributed by atoms with E-state index in [4.69, 9.17) is 16.3 Å². The predicted octanol–water partition coefficient (Wildman–Crippen LogP) is 5.10. The molecule has 0 aliphatic carbocycles. The molecule has 0 spiro atoms. The fraction of sp³-hybridized carbons (Fsp3) is 0.294. The van der Waals surface area contributed by atoms with Gasteiger partial charge in [-0.05, 0) is 48.1 Å². The first kappa shape index (κ1) is 15.4. The fourth-order valence-electron chi connectivity index (χ4n) is 2.29. The summed E-state index contributed by atoms with van der Waals surface area (Å²) in [5.74, 6) is 1.97. The van der Waals surface area contributed by atoms with Crippen LogP contribution in [0, 0.1) is 5.92 Å². The lowest BCUT2D eigenvalue weighted by atomic mass is 9.94. The highest BCUT2D eigenvalue weighted by molar-refractivity contribution is 9.10. The van der Waals surface area contributed by atoms with Crippen LogP contribution in [0.2, 0.25) is 0 Å². The molecule has 3 heteroatoms. The second-order valence-electron chi connectivity index (χ2n) is 4.87. The fourth-order valence-corrected chi connectivity index (χ4v) is 2.95. The van der Waals surface area contributed by atoms with Gasteiger partial charge in [-0.1, -0.05) is 46.3 Å². The molecule has 0 fully saturated rings. The molecular formula is C17H18BrClO. The Hall–Kier alpha value is -0.990. The number of methoxy groups -OCH3 is 1. The zero-order valence-corrected chi connectivity index (χ0v) is 13.8. The molecule has 1 nitrogen and oxygen atoms in total. The zero-order chi connectivity index (χ0) is 14.4. The number of rotatable bonds is 6. The molecular weight excluding hydrogens is 336 g/mol. The summed E-state index contributed by atoms with van der Waals surface area (Å²) >= 11 is 9.75. The summed E-state index contributed by atoms with van der Waals surface area (Å²) in [6.07, 6.45) is 1.93. The largest absolute Gasteiger partial charge is 0.497 e. The molecule has 0 bridgehead atoms. The number of ether oxygens (including phenoxy) is 1. The standard InChI is InChI=1S/C17H18BrClO/c1-20-16-7-4-5-13(11-16)9-14(12-19)10-15-6-2-3-8-17(15)18/h2-8,11,14H,9-10,12H2,1H3. The summed E-state index contributed by atoms with van der Waals surface area (Å²) in [6.45, 7) is 0. The van der Waals surface area contributed by atoms with E-state index >= 15 is 0 Å². The summed E-state index contributed by atoms with van der Waals surface area (Å²) in [7, 11) is 1.69.